The molecule has 2 nitrogen and oxygen atoms in total. The van der Waals surface area contributed by atoms with Crippen molar-refractivity contribution in [2.45, 2.75) is 45.6 Å². The molecule has 1 N–H and O–H groups in total. The predicted octanol–water partition coefficient (Wildman–Crippen LogP) is 3.55. The molecule has 0 aliphatic rings. The number of methoxy groups -OCH3 is 1. The van der Waals surface area contributed by atoms with Crippen molar-refractivity contribution in [2.24, 2.45) is 0 Å². The lowest BCUT2D eigenvalue weighted by Gasteiger charge is -2.17. The molecule has 0 spiro atoms. The normalized spacial score (nSPS) is 12.4. The molecule has 0 aliphatic heterocycles. The molecule has 1 atom stereocenters. The highest BCUT2D eigenvalue weighted by molar-refractivity contribution is 5.29. The number of ether oxygens (including phenoxy) is 1. The molecule has 3 heteroatoms. The molecular weight excluding hydrogens is 229 g/mol. The number of halogens is 1. The van der Waals surface area contributed by atoms with Crippen LogP contribution < -0.4 is 10.1 Å². The van der Waals surface area contributed by atoms with E-state index in [0.717, 1.165) is 37.8 Å². The van der Waals surface area contributed by atoms with Crippen molar-refractivity contribution in [3.05, 3.63) is 29.6 Å². The third-order valence-electron chi connectivity index (χ3n) is 3.15. The zero-order valence-corrected chi connectivity index (χ0v) is 11.6. The molecule has 18 heavy (non-hydrogen) atoms. The van der Waals surface area contributed by atoms with E-state index in [2.05, 4.69) is 19.2 Å². The molecule has 0 radical (unpaired) electrons. The quantitative estimate of drug-likeness (QED) is 0.765. The van der Waals surface area contributed by atoms with E-state index in [0.29, 0.717) is 11.8 Å². The van der Waals surface area contributed by atoms with Crippen molar-refractivity contribution < 1.29 is 9.13 Å². The highest BCUT2D eigenvalue weighted by atomic mass is 19.1. The minimum atomic E-state index is -0.166. The topological polar surface area (TPSA) is 21.3 Å². The Morgan fingerprint density at radius 1 is 1.28 bits per heavy atom. The molecule has 1 rings (SSSR count). The van der Waals surface area contributed by atoms with E-state index in [4.69, 9.17) is 4.74 Å². The predicted molar refractivity (Wildman–Crippen MR) is 73.6 cm³/mol. The molecule has 1 aromatic rings. The minimum Gasteiger partial charge on any atom is -0.497 e. The Morgan fingerprint density at radius 2 is 2.06 bits per heavy atom. The third kappa shape index (κ3) is 4.65. The number of nitrogens with one attached hydrogen (secondary N) is 1. The summed E-state index contributed by atoms with van der Waals surface area (Å²) in [6.45, 7) is 5.25. The van der Waals surface area contributed by atoms with Crippen molar-refractivity contribution >= 4 is 0 Å². The van der Waals surface area contributed by atoms with Crippen LogP contribution in [0.3, 0.4) is 0 Å². The molecule has 102 valence electrons. The Bertz CT molecular complexity index is 348. The molecule has 0 saturated heterocycles. The Kier molecular flexibility index (Phi) is 6.73. The highest BCUT2D eigenvalue weighted by Gasteiger charge is 2.09. The van der Waals surface area contributed by atoms with Crippen LogP contribution in [-0.4, -0.2) is 19.7 Å². The molecule has 1 aromatic carbocycles. The van der Waals surface area contributed by atoms with Crippen LogP contribution >= 0.6 is 0 Å². The van der Waals surface area contributed by atoms with E-state index in [1.807, 2.05) is 12.1 Å². The first-order valence-corrected chi connectivity index (χ1v) is 6.77. The summed E-state index contributed by atoms with van der Waals surface area (Å²) in [4.78, 5) is 0. The van der Waals surface area contributed by atoms with Gasteiger partial charge in [0.25, 0.3) is 0 Å². The first kappa shape index (κ1) is 15.0. The van der Waals surface area contributed by atoms with Gasteiger partial charge in [-0.25, -0.2) is 4.39 Å². The highest BCUT2D eigenvalue weighted by Crippen LogP contribution is 2.18. The summed E-state index contributed by atoms with van der Waals surface area (Å²) < 4.78 is 18.8. The van der Waals surface area contributed by atoms with Gasteiger partial charge in [0.15, 0.2) is 0 Å². The number of hydrogen-bond acceptors (Lipinski definition) is 2. The summed E-state index contributed by atoms with van der Waals surface area (Å²) in [5.74, 6) is 0.411. The second-order valence-electron chi connectivity index (χ2n) is 4.54. The van der Waals surface area contributed by atoms with Crippen LogP contribution in [0.1, 0.15) is 38.7 Å². The molecule has 1 unspecified atom stereocenters. The fourth-order valence-corrected chi connectivity index (χ4v) is 2.17. The number of rotatable bonds is 8. The van der Waals surface area contributed by atoms with Gasteiger partial charge in [0.05, 0.1) is 7.11 Å². The number of aryl methyl sites for hydroxylation is 1. The maximum Gasteiger partial charge on any atom is 0.130 e. The molecule has 0 amide bonds. The average Bonchev–Trinajstić information content (AvgIpc) is 2.37. The van der Waals surface area contributed by atoms with Gasteiger partial charge in [0.2, 0.25) is 0 Å². The Labute approximate surface area is 110 Å². The van der Waals surface area contributed by atoms with E-state index >= 15 is 0 Å². The summed E-state index contributed by atoms with van der Waals surface area (Å²) in [6.07, 6.45) is 4.05. The van der Waals surface area contributed by atoms with Gasteiger partial charge in [-0.1, -0.05) is 26.3 Å². The summed E-state index contributed by atoms with van der Waals surface area (Å²) >= 11 is 0. The Hall–Kier alpha value is -1.09. The van der Waals surface area contributed by atoms with Gasteiger partial charge in [-0.2, -0.15) is 0 Å². The largest absolute Gasteiger partial charge is 0.497 e. The Morgan fingerprint density at radius 3 is 2.61 bits per heavy atom. The molecule has 0 aromatic heterocycles. The zero-order chi connectivity index (χ0) is 13.4. The van der Waals surface area contributed by atoms with Crippen molar-refractivity contribution in [1.29, 1.82) is 0 Å². The van der Waals surface area contributed by atoms with E-state index in [1.54, 1.807) is 7.11 Å². The van der Waals surface area contributed by atoms with Crippen LogP contribution in [0.25, 0.3) is 0 Å². The number of hydrogen-bond donors (Lipinski definition) is 1. The maximum atomic E-state index is 13.8. The van der Waals surface area contributed by atoms with Crippen molar-refractivity contribution in [3.8, 4) is 5.75 Å². The van der Waals surface area contributed by atoms with Crippen molar-refractivity contribution in [3.63, 3.8) is 0 Å². The molecular formula is C15H24FNO. The maximum absolute atomic E-state index is 13.8. The lowest BCUT2D eigenvalue weighted by atomic mass is 10.0. The van der Waals surface area contributed by atoms with E-state index < -0.39 is 0 Å². The first-order valence-electron chi connectivity index (χ1n) is 6.77. The lowest BCUT2D eigenvalue weighted by Crippen LogP contribution is -2.29. The summed E-state index contributed by atoms with van der Waals surface area (Å²) in [6, 6.07) is 5.59. The van der Waals surface area contributed by atoms with Gasteiger partial charge in [0, 0.05) is 12.1 Å². The van der Waals surface area contributed by atoms with E-state index in [9.17, 15) is 4.39 Å². The van der Waals surface area contributed by atoms with Crippen molar-refractivity contribution in [2.75, 3.05) is 13.7 Å². The fraction of sp³-hybridized carbons (Fsp3) is 0.600. The SMILES string of the molecule is CCCC(CCc1ccc(OC)cc1F)NCC. The lowest BCUT2D eigenvalue weighted by molar-refractivity contribution is 0.410. The van der Waals surface area contributed by atoms with Crippen LogP contribution in [0.15, 0.2) is 18.2 Å². The third-order valence-corrected chi connectivity index (χ3v) is 3.15. The standard InChI is InChI=1S/C15H24FNO/c1-4-6-13(17-5-2)9-7-12-8-10-14(18-3)11-15(12)16/h8,10-11,13,17H,4-7,9H2,1-3H3. The second kappa shape index (κ2) is 8.09. The van der Waals surface area contributed by atoms with Crippen LogP contribution in [0, 0.1) is 5.82 Å². The van der Waals surface area contributed by atoms with Gasteiger partial charge < -0.3 is 10.1 Å². The molecule has 0 bridgehead atoms. The van der Waals surface area contributed by atoms with Gasteiger partial charge in [0.1, 0.15) is 11.6 Å². The average molecular weight is 253 g/mol. The van der Waals surface area contributed by atoms with Gasteiger partial charge in [-0.05, 0) is 37.4 Å². The van der Waals surface area contributed by atoms with Gasteiger partial charge in [-0.3, -0.25) is 0 Å². The fourth-order valence-electron chi connectivity index (χ4n) is 2.17. The summed E-state index contributed by atoms with van der Waals surface area (Å²) in [5.41, 5.74) is 0.773. The van der Waals surface area contributed by atoms with Crippen molar-refractivity contribution in [1.82, 2.24) is 5.32 Å². The monoisotopic (exact) mass is 253 g/mol. The van der Waals surface area contributed by atoms with Crippen LogP contribution in [0.4, 0.5) is 4.39 Å². The van der Waals surface area contributed by atoms with E-state index in [1.165, 1.54) is 6.07 Å². The van der Waals surface area contributed by atoms with Crippen LogP contribution in [-0.2, 0) is 6.42 Å². The minimum absolute atomic E-state index is 0.166. The first-order chi connectivity index (χ1) is 8.71. The van der Waals surface area contributed by atoms with Crippen LogP contribution in [0.5, 0.6) is 5.75 Å². The molecule has 0 fully saturated rings. The second-order valence-corrected chi connectivity index (χ2v) is 4.54. The molecule has 0 aliphatic carbocycles. The van der Waals surface area contributed by atoms with Gasteiger partial charge >= 0.3 is 0 Å². The molecule has 0 saturated carbocycles. The molecule has 0 heterocycles. The Balaban J connectivity index is 2.55. The zero-order valence-electron chi connectivity index (χ0n) is 11.6. The summed E-state index contributed by atoms with van der Waals surface area (Å²) in [5, 5.41) is 3.45. The van der Waals surface area contributed by atoms with E-state index in [-0.39, 0.29) is 5.82 Å². The smallest absolute Gasteiger partial charge is 0.130 e. The summed E-state index contributed by atoms with van der Waals surface area (Å²) in [7, 11) is 1.55. The van der Waals surface area contributed by atoms with Crippen LogP contribution in [0.2, 0.25) is 0 Å². The van der Waals surface area contributed by atoms with Gasteiger partial charge in [-0.15, -0.1) is 0 Å². The number of benzene rings is 1.